The summed E-state index contributed by atoms with van der Waals surface area (Å²) in [5.74, 6) is 1.58. The first kappa shape index (κ1) is 20.5. The second-order valence-electron chi connectivity index (χ2n) is 5.81. The van der Waals surface area contributed by atoms with Gasteiger partial charge in [0.05, 0.1) is 6.61 Å². The second kappa shape index (κ2) is 11.1. The molecule has 0 radical (unpaired) electrons. The maximum atomic E-state index is 5.90. The van der Waals surface area contributed by atoms with E-state index in [-0.39, 0.29) is 24.0 Å². The van der Waals surface area contributed by atoms with E-state index in [0.717, 1.165) is 56.5 Å². The summed E-state index contributed by atoms with van der Waals surface area (Å²) in [6, 6.07) is 8.06. The van der Waals surface area contributed by atoms with E-state index in [4.69, 9.17) is 16.3 Å². The normalized spacial score (nSPS) is 17.7. The van der Waals surface area contributed by atoms with Crippen LogP contribution >= 0.6 is 35.6 Å². The lowest BCUT2D eigenvalue weighted by molar-refractivity contribution is 0.181. The Kier molecular flexibility index (Phi) is 9.90. The Labute approximate surface area is 161 Å². The summed E-state index contributed by atoms with van der Waals surface area (Å²) in [6.45, 7) is 3.68. The van der Waals surface area contributed by atoms with Crippen molar-refractivity contribution in [2.45, 2.75) is 19.3 Å². The number of guanidine groups is 1. The predicted octanol–water partition coefficient (Wildman–Crippen LogP) is 3.43. The van der Waals surface area contributed by atoms with Crippen molar-refractivity contribution in [2.75, 3.05) is 40.4 Å². The zero-order valence-corrected chi connectivity index (χ0v) is 17.0. The number of hydrogen-bond donors (Lipinski definition) is 1. The van der Waals surface area contributed by atoms with E-state index in [9.17, 15) is 0 Å². The Morgan fingerprint density at radius 2 is 2.13 bits per heavy atom. The molecule has 1 aliphatic heterocycles. The van der Waals surface area contributed by atoms with Crippen LogP contribution in [0.5, 0.6) is 0 Å². The summed E-state index contributed by atoms with van der Waals surface area (Å²) in [6.07, 6.45) is 3.26. The van der Waals surface area contributed by atoms with Gasteiger partial charge in [-0.15, -0.1) is 24.0 Å². The lowest BCUT2D eigenvalue weighted by atomic mass is 10.1. The highest BCUT2D eigenvalue weighted by atomic mass is 127. The third-order valence-corrected chi connectivity index (χ3v) is 4.22. The zero-order chi connectivity index (χ0) is 15.8. The number of aliphatic imine (C=N–C) groups is 1. The molecule has 0 saturated carbocycles. The van der Waals surface area contributed by atoms with Crippen molar-refractivity contribution in [3.05, 3.63) is 34.9 Å². The van der Waals surface area contributed by atoms with Crippen molar-refractivity contribution in [1.29, 1.82) is 0 Å². The molecule has 4 nitrogen and oxygen atoms in total. The fourth-order valence-electron chi connectivity index (χ4n) is 2.73. The zero-order valence-electron chi connectivity index (χ0n) is 13.9. The van der Waals surface area contributed by atoms with E-state index >= 15 is 0 Å². The van der Waals surface area contributed by atoms with Crippen LogP contribution in [0.1, 0.15) is 18.4 Å². The Morgan fingerprint density at radius 3 is 2.74 bits per heavy atom. The van der Waals surface area contributed by atoms with E-state index in [2.05, 4.69) is 34.4 Å². The van der Waals surface area contributed by atoms with E-state index in [1.165, 1.54) is 5.56 Å². The van der Waals surface area contributed by atoms with Gasteiger partial charge in [-0.25, -0.2) is 0 Å². The van der Waals surface area contributed by atoms with Gasteiger partial charge in [0.15, 0.2) is 5.96 Å². The highest BCUT2D eigenvalue weighted by Gasteiger charge is 2.18. The number of halogens is 2. The van der Waals surface area contributed by atoms with Gasteiger partial charge in [-0.3, -0.25) is 4.99 Å². The van der Waals surface area contributed by atoms with Gasteiger partial charge in [0.1, 0.15) is 0 Å². The van der Waals surface area contributed by atoms with Crippen LogP contribution in [0.2, 0.25) is 5.02 Å². The number of aryl methyl sites for hydroxylation is 1. The minimum absolute atomic E-state index is 0. The molecule has 1 N–H and O–H groups in total. The first-order valence-corrected chi connectivity index (χ1v) is 8.31. The summed E-state index contributed by atoms with van der Waals surface area (Å²) in [5, 5.41) is 4.23. The van der Waals surface area contributed by atoms with E-state index in [1.807, 2.05) is 19.2 Å². The molecule has 0 spiro atoms. The molecule has 1 aromatic carbocycles. The van der Waals surface area contributed by atoms with Gasteiger partial charge in [-0.1, -0.05) is 23.7 Å². The molecule has 0 aromatic heterocycles. The minimum Gasteiger partial charge on any atom is -0.381 e. The van der Waals surface area contributed by atoms with Crippen LogP contribution in [0.3, 0.4) is 0 Å². The molecular formula is C17H27ClIN3O. The summed E-state index contributed by atoms with van der Waals surface area (Å²) in [5.41, 5.74) is 1.32. The average Bonchev–Trinajstić information content (AvgIpc) is 3.02. The maximum Gasteiger partial charge on any atom is 0.193 e. The lowest BCUT2D eigenvalue weighted by Gasteiger charge is -2.24. The minimum atomic E-state index is 0. The standard InChI is InChI=1S/C17H26ClN3O.HI/c1-19-17(21(2)12-15-9-11-22-13-15)20-10-3-4-14-5-7-16(18)8-6-14;/h5-8,15H,3-4,9-13H2,1-2H3,(H,19,20);1H. The van der Waals surface area contributed by atoms with Gasteiger partial charge in [0.2, 0.25) is 0 Å². The van der Waals surface area contributed by atoms with Gasteiger partial charge >= 0.3 is 0 Å². The maximum absolute atomic E-state index is 5.90. The molecule has 1 aliphatic rings. The number of nitrogens with zero attached hydrogens (tertiary/aromatic N) is 2. The number of ether oxygens (including phenoxy) is 1. The molecule has 1 fully saturated rings. The summed E-state index contributed by atoms with van der Waals surface area (Å²) >= 11 is 5.90. The lowest BCUT2D eigenvalue weighted by Crippen LogP contribution is -2.41. The highest BCUT2D eigenvalue weighted by molar-refractivity contribution is 14.0. The molecular weight excluding hydrogens is 425 g/mol. The molecule has 2 rings (SSSR count). The fourth-order valence-corrected chi connectivity index (χ4v) is 2.86. The molecule has 1 aromatic rings. The molecule has 23 heavy (non-hydrogen) atoms. The summed E-state index contributed by atoms with van der Waals surface area (Å²) < 4.78 is 5.43. The van der Waals surface area contributed by atoms with Crippen LogP contribution in [0, 0.1) is 5.92 Å². The SMILES string of the molecule is CN=C(NCCCc1ccc(Cl)cc1)N(C)CC1CCOC1.I. The molecule has 6 heteroatoms. The van der Waals surface area contributed by atoms with Crippen molar-refractivity contribution in [3.8, 4) is 0 Å². The van der Waals surface area contributed by atoms with Gasteiger partial charge in [-0.05, 0) is 37.0 Å². The second-order valence-corrected chi connectivity index (χ2v) is 6.25. The fraction of sp³-hybridized carbons (Fsp3) is 0.588. The number of hydrogen-bond acceptors (Lipinski definition) is 2. The molecule has 1 atom stereocenters. The van der Waals surface area contributed by atoms with Gasteiger partial charge in [0, 0.05) is 44.7 Å². The van der Waals surface area contributed by atoms with Crippen molar-refractivity contribution in [1.82, 2.24) is 10.2 Å². The van der Waals surface area contributed by atoms with Gasteiger partial charge < -0.3 is 15.0 Å². The van der Waals surface area contributed by atoms with Crippen molar-refractivity contribution >= 4 is 41.5 Å². The van der Waals surface area contributed by atoms with Gasteiger partial charge in [0.25, 0.3) is 0 Å². The van der Waals surface area contributed by atoms with Crippen LogP contribution < -0.4 is 5.32 Å². The number of nitrogens with one attached hydrogen (secondary N) is 1. The van der Waals surface area contributed by atoms with E-state index in [0.29, 0.717) is 5.92 Å². The van der Waals surface area contributed by atoms with Crippen LogP contribution in [-0.2, 0) is 11.2 Å². The van der Waals surface area contributed by atoms with Crippen LogP contribution in [-0.4, -0.2) is 51.3 Å². The van der Waals surface area contributed by atoms with Gasteiger partial charge in [-0.2, -0.15) is 0 Å². The first-order chi connectivity index (χ1) is 10.7. The molecule has 1 heterocycles. The van der Waals surface area contributed by atoms with E-state index < -0.39 is 0 Å². The Balaban J connectivity index is 0.00000264. The van der Waals surface area contributed by atoms with Crippen molar-refractivity contribution in [3.63, 3.8) is 0 Å². The molecule has 130 valence electrons. The summed E-state index contributed by atoms with van der Waals surface area (Å²) in [7, 11) is 3.93. The Bertz CT molecular complexity index is 475. The molecule has 1 saturated heterocycles. The predicted molar refractivity (Wildman–Crippen MR) is 108 cm³/mol. The van der Waals surface area contributed by atoms with Crippen LogP contribution in [0.15, 0.2) is 29.3 Å². The Hall–Kier alpha value is -0.530. The molecule has 0 aliphatic carbocycles. The van der Waals surface area contributed by atoms with E-state index in [1.54, 1.807) is 0 Å². The van der Waals surface area contributed by atoms with Crippen molar-refractivity contribution < 1.29 is 4.74 Å². The van der Waals surface area contributed by atoms with Crippen LogP contribution in [0.25, 0.3) is 0 Å². The topological polar surface area (TPSA) is 36.9 Å². The third kappa shape index (κ3) is 7.27. The quantitative estimate of drug-likeness (QED) is 0.312. The smallest absolute Gasteiger partial charge is 0.193 e. The average molecular weight is 452 g/mol. The summed E-state index contributed by atoms with van der Waals surface area (Å²) in [4.78, 5) is 6.56. The number of rotatable bonds is 6. The molecule has 0 bridgehead atoms. The van der Waals surface area contributed by atoms with Crippen LogP contribution in [0.4, 0.5) is 0 Å². The largest absolute Gasteiger partial charge is 0.381 e. The Morgan fingerprint density at radius 1 is 1.39 bits per heavy atom. The third-order valence-electron chi connectivity index (χ3n) is 3.97. The monoisotopic (exact) mass is 451 g/mol. The molecule has 1 unspecified atom stereocenters. The molecule has 0 amide bonds. The number of benzene rings is 1. The first-order valence-electron chi connectivity index (χ1n) is 7.93. The highest BCUT2D eigenvalue weighted by Crippen LogP contribution is 2.13. The van der Waals surface area contributed by atoms with Crippen molar-refractivity contribution in [2.24, 2.45) is 10.9 Å².